The van der Waals surface area contributed by atoms with E-state index in [9.17, 15) is 19.8 Å². The van der Waals surface area contributed by atoms with Crippen molar-refractivity contribution in [2.24, 2.45) is 23.7 Å². The summed E-state index contributed by atoms with van der Waals surface area (Å²) >= 11 is 0. The molecule has 0 aliphatic heterocycles. The molecule has 5 atom stereocenters. The minimum atomic E-state index is -0.999. The number of aliphatic hydroxyl groups excluding tert-OH is 2. The molecule has 0 aromatic heterocycles. The number of carbonyl (C=O) groups excluding carboxylic acids is 2. The molecule has 34 heavy (non-hydrogen) atoms. The maximum Gasteiger partial charge on any atom is 0.224 e. The molecule has 1 aromatic rings. The van der Waals surface area contributed by atoms with Gasteiger partial charge in [-0.05, 0) is 36.7 Å². The summed E-state index contributed by atoms with van der Waals surface area (Å²) in [7, 11) is 0. The average molecular weight is 475 g/mol. The van der Waals surface area contributed by atoms with Crippen molar-refractivity contribution in [2.45, 2.75) is 97.3 Å². The van der Waals surface area contributed by atoms with Gasteiger partial charge in [-0.25, -0.2) is 0 Å². The molecule has 1 aliphatic carbocycles. The molecule has 4 N–H and O–H groups in total. The average Bonchev–Trinajstić information content (AvgIpc) is 2.82. The number of carbonyl (C=O) groups is 2. The van der Waals surface area contributed by atoms with Crippen LogP contribution in [0.5, 0.6) is 0 Å². The Kier molecular flexibility index (Phi) is 12.1. The fourth-order valence-corrected chi connectivity index (χ4v) is 4.86. The lowest BCUT2D eigenvalue weighted by Gasteiger charge is -2.33. The first-order valence-electron chi connectivity index (χ1n) is 13.2. The second kappa shape index (κ2) is 14.5. The van der Waals surface area contributed by atoms with E-state index in [1.807, 2.05) is 51.1 Å². The Balaban J connectivity index is 1.90. The lowest BCUT2D eigenvalue weighted by Crippen LogP contribution is -2.52. The number of hydrogen-bond donors (Lipinski definition) is 4. The van der Waals surface area contributed by atoms with Crippen LogP contribution < -0.4 is 10.6 Å². The van der Waals surface area contributed by atoms with Crippen LogP contribution in [0.4, 0.5) is 0 Å². The maximum absolute atomic E-state index is 13.0. The van der Waals surface area contributed by atoms with Crippen molar-refractivity contribution in [1.29, 1.82) is 0 Å². The molecule has 192 valence electrons. The Labute approximate surface area is 205 Å². The van der Waals surface area contributed by atoms with Gasteiger partial charge >= 0.3 is 0 Å². The number of benzene rings is 1. The summed E-state index contributed by atoms with van der Waals surface area (Å²) < 4.78 is 0. The molecular weight excluding hydrogens is 428 g/mol. The Hall–Kier alpha value is -1.92. The number of amides is 2. The highest BCUT2D eigenvalue weighted by Crippen LogP contribution is 2.29. The predicted octanol–water partition coefficient (Wildman–Crippen LogP) is 3.84. The molecule has 0 bridgehead atoms. The number of aliphatic hydroxyl groups is 2. The van der Waals surface area contributed by atoms with Crippen LogP contribution in [0.3, 0.4) is 0 Å². The molecule has 1 fully saturated rings. The first kappa shape index (κ1) is 28.3. The highest BCUT2D eigenvalue weighted by atomic mass is 16.3. The maximum atomic E-state index is 13.0. The van der Waals surface area contributed by atoms with Gasteiger partial charge in [0, 0.05) is 12.5 Å². The van der Waals surface area contributed by atoms with Gasteiger partial charge in [0.15, 0.2) is 0 Å². The molecule has 0 saturated heterocycles. The van der Waals surface area contributed by atoms with Gasteiger partial charge in [0.1, 0.15) is 6.10 Å². The highest BCUT2D eigenvalue weighted by Gasteiger charge is 2.32. The second-order valence-electron chi connectivity index (χ2n) is 10.8. The van der Waals surface area contributed by atoms with Gasteiger partial charge in [0.25, 0.3) is 0 Å². The van der Waals surface area contributed by atoms with Gasteiger partial charge in [0.2, 0.25) is 11.8 Å². The van der Waals surface area contributed by atoms with Crippen molar-refractivity contribution in [2.75, 3.05) is 6.54 Å². The first-order chi connectivity index (χ1) is 16.2. The minimum absolute atomic E-state index is 0.0744. The van der Waals surface area contributed by atoms with Crippen LogP contribution in [0.1, 0.15) is 78.2 Å². The second-order valence-corrected chi connectivity index (χ2v) is 10.8. The van der Waals surface area contributed by atoms with Crippen LogP contribution in [0.2, 0.25) is 0 Å². The van der Waals surface area contributed by atoms with E-state index in [0.29, 0.717) is 25.2 Å². The van der Waals surface area contributed by atoms with Gasteiger partial charge in [-0.3, -0.25) is 9.59 Å². The third-order valence-corrected chi connectivity index (χ3v) is 7.02. The van der Waals surface area contributed by atoms with E-state index in [1.54, 1.807) is 6.92 Å². The van der Waals surface area contributed by atoms with E-state index < -0.39 is 24.2 Å². The third kappa shape index (κ3) is 9.75. The molecule has 2 amide bonds. The van der Waals surface area contributed by atoms with Crippen LogP contribution in [0.25, 0.3) is 0 Å². The summed E-state index contributed by atoms with van der Waals surface area (Å²) in [5.74, 6) is -0.195. The van der Waals surface area contributed by atoms with E-state index in [-0.39, 0.29) is 30.2 Å². The molecule has 6 heteroatoms. The first-order valence-corrected chi connectivity index (χ1v) is 13.2. The number of rotatable bonds is 13. The van der Waals surface area contributed by atoms with Crippen molar-refractivity contribution in [3.05, 3.63) is 35.9 Å². The molecule has 0 radical (unpaired) electrons. The predicted molar refractivity (Wildman–Crippen MR) is 136 cm³/mol. The summed E-state index contributed by atoms with van der Waals surface area (Å²) in [6, 6.07) is 9.40. The van der Waals surface area contributed by atoms with Crippen LogP contribution >= 0.6 is 0 Å². The Morgan fingerprint density at radius 2 is 1.59 bits per heavy atom. The summed E-state index contributed by atoms with van der Waals surface area (Å²) in [6.07, 6.45) is 5.75. The zero-order chi connectivity index (χ0) is 25.1. The molecule has 1 aliphatic rings. The normalized spacial score (nSPS) is 19.1. The molecule has 0 unspecified atom stereocenters. The molecule has 0 heterocycles. The topological polar surface area (TPSA) is 98.7 Å². The van der Waals surface area contributed by atoms with Crippen LogP contribution in [-0.4, -0.2) is 46.8 Å². The molecule has 6 nitrogen and oxygen atoms in total. The quantitative estimate of drug-likeness (QED) is 0.349. The highest BCUT2D eigenvalue weighted by molar-refractivity contribution is 5.81. The molecule has 1 saturated carbocycles. The SMILES string of the molecule is CC(C)C[C@H](O)[C@H](O)[C@@H](CC1CCCCC1)NC(=O)[C@@H](C)CNC(=O)[C@H](C)Cc1ccccc1. The fourth-order valence-electron chi connectivity index (χ4n) is 4.86. The number of nitrogens with one attached hydrogen (secondary N) is 2. The van der Waals surface area contributed by atoms with Gasteiger partial charge in [0.05, 0.1) is 18.1 Å². The van der Waals surface area contributed by atoms with Crippen LogP contribution in [-0.2, 0) is 16.0 Å². The lowest BCUT2D eigenvalue weighted by molar-refractivity contribution is -0.128. The zero-order valence-corrected chi connectivity index (χ0v) is 21.5. The Morgan fingerprint density at radius 3 is 2.21 bits per heavy atom. The molecule has 2 rings (SSSR count). The third-order valence-electron chi connectivity index (χ3n) is 7.02. The van der Waals surface area contributed by atoms with Crippen molar-refractivity contribution < 1.29 is 19.8 Å². The van der Waals surface area contributed by atoms with Crippen LogP contribution in [0, 0.1) is 23.7 Å². The summed E-state index contributed by atoms with van der Waals surface area (Å²) in [6.45, 7) is 7.93. The number of hydrogen-bond acceptors (Lipinski definition) is 4. The molecular formula is C28H46N2O4. The van der Waals surface area contributed by atoms with Crippen molar-refractivity contribution in [3.8, 4) is 0 Å². The largest absolute Gasteiger partial charge is 0.390 e. The fraction of sp³-hybridized carbons (Fsp3) is 0.714. The van der Waals surface area contributed by atoms with E-state index in [4.69, 9.17) is 0 Å². The zero-order valence-electron chi connectivity index (χ0n) is 21.5. The van der Waals surface area contributed by atoms with Gasteiger partial charge in [-0.15, -0.1) is 0 Å². The smallest absolute Gasteiger partial charge is 0.224 e. The summed E-state index contributed by atoms with van der Waals surface area (Å²) in [5.41, 5.74) is 1.11. The van der Waals surface area contributed by atoms with Gasteiger partial charge in [-0.1, -0.05) is 90.1 Å². The minimum Gasteiger partial charge on any atom is -0.390 e. The van der Waals surface area contributed by atoms with E-state index >= 15 is 0 Å². The van der Waals surface area contributed by atoms with Gasteiger partial charge < -0.3 is 20.8 Å². The Morgan fingerprint density at radius 1 is 0.941 bits per heavy atom. The van der Waals surface area contributed by atoms with E-state index in [1.165, 1.54) is 19.3 Å². The van der Waals surface area contributed by atoms with E-state index in [0.717, 1.165) is 18.4 Å². The summed E-state index contributed by atoms with van der Waals surface area (Å²) in [5, 5.41) is 27.3. The lowest BCUT2D eigenvalue weighted by atomic mass is 9.82. The van der Waals surface area contributed by atoms with Crippen molar-refractivity contribution >= 4 is 11.8 Å². The Bertz CT molecular complexity index is 733. The van der Waals surface area contributed by atoms with E-state index in [2.05, 4.69) is 10.6 Å². The monoisotopic (exact) mass is 474 g/mol. The van der Waals surface area contributed by atoms with Crippen LogP contribution in [0.15, 0.2) is 30.3 Å². The van der Waals surface area contributed by atoms with Gasteiger partial charge in [-0.2, -0.15) is 0 Å². The molecule has 0 spiro atoms. The van der Waals surface area contributed by atoms with Crippen molar-refractivity contribution in [3.63, 3.8) is 0 Å². The molecule has 1 aromatic carbocycles. The summed E-state index contributed by atoms with van der Waals surface area (Å²) in [4.78, 5) is 25.5. The standard InChI is InChI=1S/C28H46N2O4/c1-19(2)15-25(31)26(32)24(17-23-13-9-6-10-14-23)30-28(34)21(4)18-29-27(33)20(3)16-22-11-7-5-8-12-22/h5,7-8,11-12,19-21,23-26,31-32H,6,9-10,13-18H2,1-4H3,(H,29,33)(H,30,34)/t20-,21+,24-,25+,26-/m1/s1. The van der Waals surface area contributed by atoms with Crippen molar-refractivity contribution in [1.82, 2.24) is 10.6 Å².